The summed E-state index contributed by atoms with van der Waals surface area (Å²) in [5, 5.41) is 12.3. The molecule has 0 radical (unpaired) electrons. The van der Waals surface area contributed by atoms with Crippen LogP contribution >= 0.6 is 24.0 Å². The molecule has 1 aliphatic rings. The number of anilines is 1. The summed E-state index contributed by atoms with van der Waals surface area (Å²) in [5.74, 6) is 1.23. The first-order valence-electron chi connectivity index (χ1n) is 12.2. The van der Waals surface area contributed by atoms with Crippen LogP contribution in [0.2, 0.25) is 5.02 Å². The number of nitrogens with one attached hydrogen (secondary N) is 2. The summed E-state index contributed by atoms with van der Waals surface area (Å²) in [5.41, 5.74) is 2.63. The highest BCUT2D eigenvalue weighted by molar-refractivity contribution is 6.32. The standard InChI is InChI=1S/C28H35ClN4O2.ClH/c1-7-28(8-2,20-14-15-23(35-6)21(29)16-20)31-26(34)24-18(3)32-33-25(24)30-22(17-27(33,4)5)19-12-10-9-11-13-19;/h9-16,22,30H,7-8,17H2,1-6H3,(H,31,34);1H/t22-;/m1./s1. The summed E-state index contributed by atoms with van der Waals surface area (Å²) >= 11 is 6.45. The molecule has 2 aromatic carbocycles. The van der Waals surface area contributed by atoms with Crippen molar-refractivity contribution in [2.75, 3.05) is 12.4 Å². The predicted molar refractivity (Wildman–Crippen MR) is 149 cm³/mol. The average Bonchev–Trinajstić information content (AvgIpc) is 3.19. The van der Waals surface area contributed by atoms with Gasteiger partial charge in [-0.15, -0.1) is 12.4 Å². The zero-order valence-corrected chi connectivity index (χ0v) is 23.4. The van der Waals surface area contributed by atoms with Crippen LogP contribution in [0.1, 0.15) is 80.2 Å². The number of hydrogen-bond acceptors (Lipinski definition) is 4. The predicted octanol–water partition coefficient (Wildman–Crippen LogP) is 7.01. The SMILES string of the molecule is CCC(CC)(NC(=O)c1c(C)nn2c1N[C@@H](c1ccccc1)CC2(C)C)c1ccc(OC)c(Cl)c1.Cl. The molecule has 0 fully saturated rings. The number of fused-ring (bicyclic) bond motifs is 1. The van der Waals surface area contributed by atoms with Gasteiger partial charge in [0.15, 0.2) is 0 Å². The van der Waals surface area contributed by atoms with Crippen LogP contribution in [-0.2, 0) is 11.1 Å². The first kappa shape index (κ1) is 27.9. The molecule has 0 saturated carbocycles. The quantitative estimate of drug-likeness (QED) is 0.344. The van der Waals surface area contributed by atoms with Crippen molar-refractivity contribution in [1.29, 1.82) is 0 Å². The Kier molecular flexibility index (Phi) is 8.31. The zero-order chi connectivity index (χ0) is 25.4. The second-order valence-electron chi connectivity index (χ2n) is 9.94. The number of rotatable bonds is 7. The van der Waals surface area contributed by atoms with Gasteiger partial charge in [0.1, 0.15) is 17.1 Å². The summed E-state index contributed by atoms with van der Waals surface area (Å²) < 4.78 is 7.30. The fourth-order valence-corrected chi connectivity index (χ4v) is 5.47. The number of carbonyl (C=O) groups is 1. The monoisotopic (exact) mass is 530 g/mol. The smallest absolute Gasteiger partial charge is 0.257 e. The lowest BCUT2D eigenvalue weighted by Gasteiger charge is -2.38. The van der Waals surface area contributed by atoms with Crippen LogP contribution in [-0.4, -0.2) is 22.8 Å². The van der Waals surface area contributed by atoms with Crippen molar-refractivity contribution in [2.45, 2.75) is 71.0 Å². The van der Waals surface area contributed by atoms with Gasteiger partial charge in [0.05, 0.1) is 34.9 Å². The molecule has 4 rings (SSSR count). The molecule has 0 bridgehead atoms. The van der Waals surface area contributed by atoms with E-state index in [1.165, 1.54) is 5.56 Å². The fourth-order valence-electron chi connectivity index (χ4n) is 5.21. The van der Waals surface area contributed by atoms with E-state index < -0.39 is 5.54 Å². The lowest BCUT2D eigenvalue weighted by atomic mass is 9.84. The number of aromatic nitrogens is 2. The van der Waals surface area contributed by atoms with Crippen LogP contribution in [0.5, 0.6) is 5.75 Å². The molecule has 0 unspecified atom stereocenters. The molecule has 1 amide bonds. The van der Waals surface area contributed by atoms with Gasteiger partial charge in [-0.1, -0.05) is 61.8 Å². The molecule has 1 aromatic heterocycles. The summed E-state index contributed by atoms with van der Waals surface area (Å²) in [4.78, 5) is 13.9. The van der Waals surface area contributed by atoms with Crippen LogP contribution in [0.15, 0.2) is 48.5 Å². The Labute approximate surface area is 225 Å². The fraction of sp³-hybridized carbons (Fsp3) is 0.429. The summed E-state index contributed by atoms with van der Waals surface area (Å²) in [6.07, 6.45) is 2.29. The molecule has 2 heterocycles. The Hall–Kier alpha value is -2.70. The highest BCUT2D eigenvalue weighted by Gasteiger charge is 2.39. The van der Waals surface area contributed by atoms with E-state index in [2.05, 4.69) is 50.5 Å². The molecule has 8 heteroatoms. The van der Waals surface area contributed by atoms with E-state index in [0.29, 0.717) is 34.9 Å². The highest BCUT2D eigenvalue weighted by atomic mass is 35.5. The van der Waals surface area contributed by atoms with Gasteiger partial charge in [-0.3, -0.25) is 4.79 Å². The van der Waals surface area contributed by atoms with Gasteiger partial charge in [0.25, 0.3) is 5.91 Å². The van der Waals surface area contributed by atoms with E-state index in [4.69, 9.17) is 21.4 Å². The Bertz CT molecular complexity index is 1220. The van der Waals surface area contributed by atoms with Crippen molar-refractivity contribution >= 4 is 35.7 Å². The number of hydrogen-bond donors (Lipinski definition) is 2. The molecular weight excluding hydrogens is 495 g/mol. The Morgan fingerprint density at radius 1 is 1.22 bits per heavy atom. The number of nitrogens with zero attached hydrogens (tertiary/aromatic N) is 2. The molecule has 0 spiro atoms. The maximum Gasteiger partial charge on any atom is 0.257 e. The van der Waals surface area contributed by atoms with Crippen molar-refractivity contribution in [3.05, 3.63) is 75.9 Å². The summed E-state index contributed by atoms with van der Waals surface area (Å²) in [7, 11) is 1.60. The van der Waals surface area contributed by atoms with Gasteiger partial charge in [-0.05, 0) is 63.3 Å². The molecule has 3 aromatic rings. The second kappa shape index (κ2) is 10.7. The first-order valence-corrected chi connectivity index (χ1v) is 12.6. The number of amides is 1. The van der Waals surface area contributed by atoms with Crippen LogP contribution < -0.4 is 15.4 Å². The van der Waals surface area contributed by atoms with Gasteiger partial charge >= 0.3 is 0 Å². The van der Waals surface area contributed by atoms with Gasteiger partial charge < -0.3 is 15.4 Å². The normalized spacial score (nSPS) is 16.4. The van der Waals surface area contributed by atoms with Crippen LogP contribution in [0.4, 0.5) is 5.82 Å². The zero-order valence-electron chi connectivity index (χ0n) is 21.8. The molecule has 1 aliphatic heterocycles. The Morgan fingerprint density at radius 3 is 2.47 bits per heavy atom. The van der Waals surface area contributed by atoms with E-state index in [9.17, 15) is 4.79 Å². The average molecular weight is 532 g/mol. The van der Waals surface area contributed by atoms with Crippen LogP contribution in [0.25, 0.3) is 0 Å². The Morgan fingerprint density at radius 2 is 1.89 bits per heavy atom. The molecule has 1 atom stereocenters. The Balaban J connectivity index is 0.00000361. The number of methoxy groups -OCH3 is 1. The van der Waals surface area contributed by atoms with Crippen LogP contribution in [0, 0.1) is 6.92 Å². The minimum atomic E-state index is -0.572. The largest absolute Gasteiger partial charge is 0.495 e. The van der Waals surface area contributed by atoms with Crippen molar-refractivity contribution in [2.24, 2.45) is 0 Å². The van der Waals surface area contributed by atoms with Crippen molar-refractivity contribution in [1.82, 2.24) is 15.1 Å². The van der Waals surface area contributed by atoms with Crippen LogP contribution in [0.3, 0.4) is 0 Å². The third-order valence-electron chi connectivity index (χ3n) is 7.34. The first-order chi connectivity index (χ1) is 16.7. The van der Waals surface area contributed by atoms with E-state index in [0.717, 1.165) is 17.8 Å². The molecule has 0 aliphatic carbocycles. The van der Waals surface area contributed by atoms with Gasteiger partial charge in [-0.25, -0.2) is 4.68 Å². The molecule has 6 nitrogen and oxygen atoms in total. The third-order valence-corrected chi connectivity index (χ3v) is 7.64. The summed E-state index contributed by atoms with van der Waals surface area (Å²) in [6, 6.07) is 16.2. The second-order valence-corrected chi connectivity index (χ2v) is 10.3. The van der Waals surface area contributed by atoms with E-state index in [-0.39, 0.29) is 29.9 Å². The topological polar surface area (TPSA) is 68.2 Å². The molecular formula is C28H36Cl2N4O2. The van der Waals surface area contributed by atoms with E-state index in [1.807, 2.05) is 48.0 Å². The van der Waals surface area contributed by atoms with Crippen molar-refractivity contribution in [3.63, 3.8) is 0 Å². The van der Waals surface area contributed by atoms with Crippen molar-refractivity contribution in [3.8, 4) is 5.75 Å². The maximum atomic E-state index is 13.9. The third kappa shape index (κ3) is 4.94. The number of aryl methyl sites for hydroxylation is 1. The van der Waals surface area contributed by atoms with Gasteiger partial charge in [-0.2, -0.15) is 5.10 Å². The van der Waals surface area contributed by atoms with Gasteiger partial charge in [0.2, 0.25) is 0 Å². The maximum absolute atomic E-state index is 13.9. The summed E-state index contributed by atoms with van der Waals surface area (Å²) in [6.45, 7) is 10.4. The molecule has 0 saturated heterocycles. The lowest BCUT2D eigenvalue weighted by molar-refractivity contribution is 0.0889. The lowest BCUT2D eigenvalue weighted by Crippen LogP contribution is -2.45. The highest BCUT2D eigenvalue weighted by Crippen LogP contribution is 2.41. The number of carbonyl (C=O) groups excluding carboxylic acids is 1. The number of ether oxygens (including phenoxy) is 1. The van der Waals surface area contributed by atoms with Crippen molar-refractivity contribution < 1.29 is 9.53 Å². The minimum absolute atomic E-state index is 0. The van der Waals surface area contributed by atoms with Gasteiger partial charge in [0, 0.05) is 0 Å². The van der Waals surface area contributed by atoms with E-state index >= 15 is 0 Å². The minimum Gasteiger partial charge on any atom is -0.495 e. The van der Waals surface area contributed by atoms with E-state index in [1.54, 1.807) is 7.11 Å². The molecule has 2 N–H and O–H groups in total. The molecule has 194 valence electrons. The number of benzene rings is 2. The number of halogens is 2. The molecule has 36 heavy (non-hydrogen) atoms.